The van der Waals surface area contributed by atoms with Crippen molar-refractivity contribution in [2.24, 2.45) is 0 Å². The zero-order chi connectivity index (χ0) is 17.6. The molecular formula is C17H14F2N4O2. The Morgan fingerprint density at radius 1 is 1.20 bits per heavy atom. The molecule has 128 valence electrons. The van der Waals surface area contributed by atoms with Gasteiger partial charge in [0.25, 0.3) is 5.91 Å². The number of nitrogens with zero attached hydrogens (tertiary/aromatic N) is 3. The van der Waals surface area contributed by atoms with E-state index >= 15 is 0 Å². The van der Waals surface area contributed by atoms with E-state index in [1.54, 1.807) is 12.1 Å². The number of fused-ring (bicyclic) bond motifs is 1. The standard InChI is InChI=1S/C17H14F2N4O2/c18-10-3-1-2-9(4-10)15-7-12(24)8-23(15)17(25)13-5-11(19)6-14-16(13)21-22-20-14/h1-6,12,15,24H,7-8H2,(H,20,21,22)/t12-,15+/m0/s1. The Bertz CT molecular complexity index is 959. The highest BCUT2D eigenvalue weighted by Gasteiger charge is 2.36. The molecule has 0 radical (unpaired) electrons. The summed E-state index contributed by atoms with van der Waals surface area (Å²) >= 11 is 0. The topological polar surface area (TPSA) is 82.1 Å². The number of hydrogen-bond donors (Lipinski definition) is 2. The number of hydrogen-bond acceptors (Lipinski definition) is 4. The fourth-order valence-electron chi connectivity index (χ4n) is 3.30. The number of likely N-dealkylation sites (tertiary alicyclic amines) is 1. The quantitative estimate of drug-likeness (QED) is 0.747. The molecule has 0 aliphatic carbocycles. The molecule has 2 N–H and O–H groups in total. The van der Waals surface area contributed by atoms with Crippen LogP contribution in [-0.4, -0.2) is 44.0 Å². The maximum Gasteiger partial charge on any atom is 0.256 e. The molecule has 1 fully saturated rings. The van der Waals surface area contributed by atoms with E-state index < -0.39 is 29.7 Å². The molecule has 0 saturated carbocycles. The number of β-amino-alcohol motifs (C(OH)–C–C–N with tert-alkyl or cyclic N) is 1. The van der Waals surface area contributed by atoms with Crippen LogP contribution >= 0.6 is 0 Å². The van der Waals surface area contributed by atoms with E-state index in [0.717, 1.165) is 6.07 Å². The molecule has 2 aromatic carbocycles. The molecule has 8 heteroatoms. The van der Waals surface area contributed by atoms with Crippen molar-refractivity contribution in [2.45, 2.75) is 18.6 Å². The van der Waals surface area contributed by atoms with E-state index in [9.17, 15) is 18.7 Å². The molecule has 1 aromatic heterocycles. The third kappa shape index (κ3) is 2.74. The number of carbonyl (C=O) groups excluding carboxylic acids is 1. The molecule has 0 bridgehead atoms. The first-order valence-corrected chi connectivity index (χ1v) is 7.77. The average Bonchev–Trinajstić information content (AvgIpc) is 3.19. The number of nitrogens with one attached hydrogen (secondary N) is 1. The monoisotopic (exact) mass is 344 g/mol. The summed E-state index contributed by atoms with van der Waals surface area (Å²) in [5.41, 5.74) is 1.13. The van der Waals surface area contributed by atoms with Crippen molar-refractivity contribution in [1.29, 1.82) is 0 Å². The van der Waals surface area contributed by atoms with Crippen LogP contribution in [0.15, 0.2) is 36.4 Å². The van der Waals surface area contributed by atoms with Crippen molar-refractivity contribution in [2.75, 3.05) is 6.54 Å². The number of halogens is 2. The Morgan fingerprint density at radius 3 is 2.84 bits per heavy atom. The third-order valence-electron chi connectivity index (χ3n) is 4.39. The van der Waals surface area contributed by atoms with Crippen molar-refractivity contribution in [3.8, 4) is 0 Å². The van der Waals surface area contributed by atoms with E-state index in [2.05, 4.69) is 15.4 Å². The molecule has 25 heavy (non-hydrogen) atoms. The number of H-pyrrole nitrogens is 1. The molecule has 6 nitrogen and oxygen atoms in total. The predicted octanol–water partition coefficient (Wildman–Crippen LogP) is 2.18. The van der Waals surface area contributed by atoms with Crippen molar-refractivity contribution in [3.63, 3.8) is 0 Å². The lowest BCUT2D eigenvalue weighted by Gasteiger charge is -2.25. The lowest BCUT2D eigenvalue weighted by Crippen LogP contribution is -2.32. The van der Waals surface area contributed by atoms with Gasteiger partial charge in [-0.1, -0.05) is 12.1 Å². The van der Waals surface area contributed by atoms with Gasteiger partial charge in [-0.2, -0.15) is 15.4 Å². The van der Waals surface area contributed by atoms with Gasteiger partial charge in [0.15, 0.2) is 0 Å². The largest absolute Gasteiger partial charge is 0.391 e. The second kappa shape index (κ2) is 5.89. The number of aliphatic hydroxyl groups is 1. The zero-order valence-electron chi connectivity index (χ0n) is 13.0. The summed E-state index contributed by atoms with van der Waals surface area (Å²) in [6.07, 6.45) is -0.453. The summed E-state index contributed by atoms with van der Waals surface area (Å²) < 4.78 is 27.4. The van der Waals surface area contributed by atoms with Gasteiger partial charge in [-0.25, -0.2) is 8.78 Å². The highest BCUT2D eigenvalue weighted by atomic mass is 19.1. The van der Waals surface area contributed by atoms with E-state index in [1.807, 2.05) is 0 Å². The first-order valence-electron chi connectivity index (χ1n) is 7.77. The molecule has 0 spiro atoms. The molecule has 4 rings (SSSR count). The molecule has 2 atom stereocenters. The minimum atomic E-state index is -0.737. The molecule has 1 aliphatic rings. The Hall–Kier alpha value is -2.87. The van der Waals surface area contributed by atoms with Crippen LogP contribution in [0.25, 0.3) is 11.0 Å². The number of rotatable bonds is 2. The fourth-order valence-corrected chi connectivity index (χ4v) is 3.30. The van der Waals surface area contributed by atoms with Gasteiger partial charge in [-0.05, 0) is 30.2 Å². The van der Waals surface area contributed by atoms with E-state index in [0.29, 0.717) is 5.56 Å². The lowest BCUT2D eigenvalue weighted by molar-refractivity contribution is 0.0717. The molecule has 2 heterocycles. The van der Waals surface area contributed by atoms with Crippen molar-refractivity contribution in [3.05, 3.63) is 59.2 Å². The molecule has 1 saturated heterocycles. The summed E-state index contributed by atoms with van der Waals surface area (Å²) in [5, 5.41) is 20.1. The number of aromatic nitrogens is 3. The van der Waals surface area contributed by atoms with Gasteiger partial charge in [0.1, 0.15) is 22.7 Å². The van der Waals surface area contributed by atoms with Crippen LogP contribution in [0.5, 0.6) is 0 Å². The van der Waals surface area contributed by atoms with Crippen LogP contribution < -0.4 is 0 Å². The Balaban J connectivity index is 1.76. The zero-order valence-corrected chi connectivity index (χ0v) is 13.0. The Morgan fingerprint density at radius 2 is 2.04 bits per heavy atom. The van der Waals surface area contributed by atoms with Crippen LogP contribution in [0.4, 0.5) is 8.78 Å². The van der Waals surface area contributed by atoms with Crippen molar-refractivity contribution in [1.82, 2.24) is 20.3 Å². The molecule has 3 aromatic rings. The number of benzene rings is 2. The van der Waals surface area contributed by atoms with Crippen LogP contribution in [0.3, 0.4) is 0 Å². The van der Waals surface area contributed by atoms with Crippen LogP contribution in [0, 0.1) is 11.6 Å². The van der Waals surface area contributed by atoms with Crippen LogP contribution in [-0.2, 0) is 0 Å². The third-order valence-corrected chi connectivity index (χ3v) is 4.39. The normalized spacial score (nSPS) is 20.4. The minimum Gasteiger partial charge on any atom is -0.391 e. The van der Waals surface area contributed by atoms with E-state index in [1.165, 1.54) is 23.1 Å². The molecule has 1 aliphatic heterocycles. The minimum absolute atomic E-state index is 0.0549. The second-order valence-corrected chi connectivity index (χ2v) is 6.06. The van der Waals surface area contributed by atoms with E-state index in [4.69, 9.17) is 0 Å². The maximum atomic E-state index is 13.8. The van der Waals surface area contributed by atoms with Gasteiger partial charge >= 0.3 is 0 Å². The molecular weight excluding hydrogens is 330 g/mol. The smallest absolute Gasteiger partial charge is 0.256 e. The van der Waals surface area contributed by atoms with Gasteiger partial charge < -0.3 is 10.0 Å². The van der Waals surface area contributed by atoms with Gasteiger partial charge in [0, 0.05) is 12.6 Å². The lowest BCUT2D eigenvalue weighted by atomic mass is 10.0. The van der Waals surface area contributed by atoms with Gasteiger partial charge in [0.2, 0.25) is 0 Å². The first-order chi connectivity index (χ1) is 12.0. The van der Waals surface area contributed by atoms with Crippen molar-refractivity contribution >= 4 is 16.9 Å². The van der Waals surface area contributed by atoms with Crippen LogP contribution in [0.2, 0.25) is 0 Å². The Kier molecular flexibility index (Phi) is 3.69. The molecule has 1 amide bonds. The maximum absolute atomic E-state index is 13.8. The average molecular weight is 344 g/mol. The first kappa shape index (κ1) is 15.6. The highest BCUT2D eigenvalue weighted by molar-refractivity contribution is 6.04. The van der Waals surface area contributed by atoms with Gasteiger partial charge in [-0.15, -0.1) is 0 Å². The predicted molar refractivity (Wildman–Crippen MR) is 84.6 cm³/mol. The SMILES string of the molecule is O=C(c1cc(F)cc2n[nH]nc12)N1C[C@@H](O)C[C@@H]1c1cccc(F)c1. The summed E-state index contributed by atoms with van der Waals surface area (Å²) in [6, 6.07) is 7.67. The second-order valence-electron chi connectivity index (χ2n) is 6.06. The fraction of sp³-hybridized carbons (Fsp3) is 0.235. The summed E-state index contributed by atoms with van der Waals surface area (Å²) in [6.45, 7) is 0.0792. The molecule has 0 unspecified atom stereocenters. The summed E-state index contributed by atoms with van der Waals surface area (Å²) in [7, 11) is 0. The highest BCUT2D eigenvalue weighted by Crippen LogP contribution is 2.34. The summed E-state index contributed by atoms with van der Waals surface area (Å²) in [4.78, 5) is 14.4. The van der Waals surface area contributed by atoms with Gasteiger partial charge in [0.05, 0.1) is 17.7 Å². The number of carbonyl (C=O) groups is 1. The number of aromatic amines is 1. The van der Waals surface area contributed by atoms with Gasteiger partial charge in [-0.3, -0.25) is 4.79 Å². The number of aliphatic hydroxyl groups excluding tert-OH is 1. The Labute approximate surface area is 141 Å². The number of amides is 1. The summed E-state index contributed by atoms with van der Waals surface area (Å²) in [5.74, 6) is -1.51. The van der Waals surface area contributed by atoms with E-state index in [-0.39, 0.29) is 29.6 Å². The van der Waals surface area contributed by atoms with Crippen molar-refractivity contribution < 1.29 is 18.7 Å². The van der Waals surface area contributed by atoms with Crippen LogP contribution in [0.1, 0.15) is 28.4 Å².